The fourth-order valence-corrected chi connectivity index (χ4v) is 2.72. The van der Waals surface area contributed by atoms with Crippen LogP contribution >= 0.6 is 0 Å². The summed E-state index contributed by atoms with van der Waals surface area (Å²) in [5, 5.41) is 7.06. The molecule has 3 rings (SSSR count). The van der Waals surface area contributed by atoms with E-state index >= 15 is 0 Å². The molecular weight excluding hydrogens is 292 g/mol. The average molecular weight is 310 g/mol. The maximum atomic E-state index is 12.8. The molecule has 1 aromatic carbocycles. The van der Waals surface area contributed by atoms with Crippen molar-refractivity contribution in [2.45, 2.75) is 6.54 Å². The summed E-state index contributed by atoms with van der Waals surface area (Å²) in [6, 6.07) is 11.0. The Kier molecular flexibility index (Phi) is 4.23. The zero-order valence-electron chi connectivity index (χ0n) is 12.7. The highest BCUT2D eigenvalue weighted by molar-refractivity contribution is 6.05. The molecule has 1 aliphatic rings. The molecule has 1 atom stereocenters. The van der Waals surface area contributed by atoms with Crippen LogP contribution in [0.2, 0.25) is 0 Å². The maximum absolute atomic E-state index is 12.8. The Morgan fingerprint density at radius 3 is 2.78 bits per heavy atom. The molecule has 2 aromatic rings. The van der Waals surface area contributed by atoms with Gasteiger partial charge in [0.05, 0.1) is 6.20 Å². The molecule has 2 heterocycles. The molecule has 0 saturated carbocycles. The molecule has 0 spiro atoms. The van der Waals surface area contributed by atoms with E-state index in [1.165, 1.54) is 6.08 Å². The monoisotopic (exact) mass is 310 g/mol. The van der Waals surface area contributed by atoms with Gasteiger partial charge in [-0.3, -0.25) is 14.5 Å². The van der Waals surface area contributed by atoms with Crippen LogP contribution in [0.4, 0.5) is 5.82 Å². The van der Waals surface area contributed by atoms with Gasteiger partial charge in [-0.05, 0) is 18.2 Å². The predicted molar refractivity (Wildman–Crippen MR) is 87.0 cm³/mol. The molecule has 2 amide bonds. The van der Waals surface area contributed by atoms with Gasteiger partial charge in [0.15, 0.2) is 0 Å². The van der Waals surface area contributed by atoms with Crippen LogP contribution in [-0.4, -0.2) is 34.7 Å². The van der Waals surface area contributed by atoms with Crippen molar-refractivity contribution in [1.29, 1.82) is 0 Å². The highest BCUT2D eigenvalue weighted by Crippen LogP contribution is 2.24. The van der Waals surface area contributed by atoms with Crippen molar-refractivity contribution in [3.8, 4) is 0 Å². The molecule has 0 saturated heterocycles. The molecule has 1 unspecified atom stereocenters. The zero-order chi connectivity index (χ0) is 16.2. The van der Waals surface area contributed by atoms with E-state index in [9.17, 15) is 9.59 Å². The number of anilines is 1. The van der Waals surface area contributed by atoms with Crippen molar-refractivity contribution < 1.29 is 9.59 Å². The number of amides is 2. The molecule has 6 heteroatoms. The first-order chi connectivity index (χ1) is 11.2. The number of fused-ring (bicyclic) bond motifs is 1. The van der Waals surface area contributed by atoms with Gasteiger partial charge in [-0.2, -0.15) is 5.10 Å². The third kappa shape index (κ3) is 3.15. The molecular formula is C17H18N4O2. The summed E-state index contributed by atoms with van der Waals surface area (Å²) in [5.41, 5.74) is 0.635. The van der Waals surface area contributed by atoms with Crippen molar-refractivity contribution in [3.05, 3.63) is 60.8 Å². The Hall–Kier alpha value is -2.89. The van der Waals surface area contributed by atoms with Crippen LogP contribution in [0.25, 0.3) is 0 Å². The molecule has 0 radical (unpaired) electrons. The van der Waals surface area contributed by atoms with Gasteiger partial charge in [0.1, 0.15) is 5.82 Å². The lowest BCUT2D eigenvalue weighted by Crippen LogP contribution is -2.46. The van der Waals surface area contributed by atoms with E-state index in [1.807, 2.05) is 24.3 Å². The third-order valence-corrected chi connectivity index (χ3v) is 3.86. The van der Waals surface area contributed by atoms with Crippen LogP contribution in [0.3, 0.4) is 0 Å². The molecule has 0 bridgehead atoms. The van der Waals surface area contributed by atoms with Crippen LogP contribution < -0.4 is 10.2 Å². The number of nitrogens with one attached hydrogen (secondary N) is 1. The number of rotatable bonds is 4. The number of hydrogen-bond donors (Lipinski definition) is 1. The first-order valence-electron chi connectivity index (χ1n) is 7.48. The minimum Gasteiger partial charge on any atom is -0.352 e. The third-order valence-electron chi connectivity index (χ3n) is 3.86. The lowest BCUT2D eigenvalue weighted by molar-refractivity contribution is -0.116. The highest BCUT2D eigenvalue weighted by Gasteiger charge is 2.29. The van der Waals surface area contributed by atoms with Gasteiger partial charge >= 0.3 is 0 Å². The normalized spacial score (nSPS) is 16.5. The van der Waals surface area contributed by atoms with Crippen LogP contribution in [0.5, 0.6) is 0 Å². The van der Waals surface area contributed by atoms with E-state index in [-0.39, 0.29) is 17.7 Å². The molecule has 0 aliphatic carbocycles. The fourth-order valence-electron chi connectivity index (χ4n) is 2.72. The van der Waals surface area contributed by atoms with Crippen molar-refractivity contribution in [3.63, 3.8) is 0 Å². The maximum Gasteiger partial charge on any atom is 0.259 e. The number of aromatic nitrogens is 2. The SMILES string of the molecule is C=CC(=O)NCC1CN(C(=O)c2ccccc2)c2ccnn2C1. The second-order valence-corrected chi connectivity index (χ2v) is 5.47. The molecule has 6 nitrogen and oxygen atoms in total. The minimum atomic E-state index is -0.211. The fraction of sp³-hybridized carbons (Fsp3) is 0.235. The summed E-state index contributed by atoms with van der Waals surface area (Å²) in [6.45, 7) is 5.12. The van der Waals surface area contributed by atoms with Crippen molar-refractivity contribution >= 4 is 17.6 Å². The van der Waals surface area contributed by atoms with Crippen molar-refractivity contribution in [2.75, 3.05) is 18.0 Å². The second kappa shape index (κ2) is 6.48. The van der Waals surface area contributed by atoms with E-state index in [2.05, 4.69) is 17.0 Å². The van der Waals surface area contributed by atoms with Crippen LogP contribution in [0, 0.1) is 5.92 Å². The summed E-state index contributed by atoms with van der Waals surface area (Å²) in [5.74, 6) is 0.605. The van der Waals surface area contributed by atoms with Gasteiger partial charge in [0, 0.05) is 37.2 Å². The first-order valence-corrected chi connectivity index (χ1v) is 7.48. The first kappa shape index (κ1) is 15.0. The lowest BCUT2D eigenvalue weighted by Gasteiger charge is -2.33. The average Bonchev–Trinajstić information content (AvgIpc) is 3.07. The molecule has 23 heavy (non-hydrogen) atoms. The Morgan fingerprint density at radius 1 is 1.26 bits per heavy atom. The lowest BCUT2D eigenvalue weighted by atomic mass is 10.1. The number of hydrogen-bond acceptors (Lipinski definition) is 3. The summed E-state index contributed by atoms with van der Waals surface area (Å²) in [7, 11) is 0. The van der Waals surface area contributed by atoms with E-state index in [0.717, 1.165) is 5.82 Å². The van der Waals surface area contributed by atoms with Gasteiger partial charge in [0.2, 0.25) is 5.91 Å². The highest BCUT2D eigenvalue weighted by atomic mass is 16.2. The number of carbonyl (C=O) groups excluding carboxylic acids is 2. The second-order valence-electron chi connectivity index (χ2n) is 5.47. The van der Waals surface area contributed by atoms with Crippen LogP contribution in [0.15, 0.2) is 55.3 Å². The van der Waals surface area contributed by atoms with Crippen molar-refractivity contribution in [1.82, 2.24) is 15.1 Å². The van der Waals surface area contributed by atoms with Gasteiger partial charge < -0.3 is 5.32 Å². The summed E-state index contributed by atoms with van der Waals surface area (Å²) < 4.78 is 1.80. The van der Waals surface area contributed by atoms with Crippen molar-refractivity contribution in [2.24, 2.45) is 5.92 Å². The number of benzene rings is 1. The molecule has 1 aromatic heterocycles. The number of nitrogens with zero attached hydrogens (tertiary/aromatic N) is 3. The summed E-state index contributed by atoms with van der Waals surface area (Å²) in [4.78, 5) is 25.9. The Labute approximate surface area is 134 Å². The topological polar surface area (TPSA) is 67.2 Å². The van der Waals surface area contributed by atoms with Crippen LogP contribution in [-0.2, 0) is 11.3 Å². The van der Waals surface area contributed by atoms with E-state index < -0.39 is 0 Å². The van der Waals surface area contributed by atoms with E-state index in [4.69, 9.17) is 0 Å². The summed E-state index contributed by atoms with van der Waals surface area (Å²) >= 11 is 0. The quantitative estimate of drug-likeness (QED) is 0.870. The minimum absolute atomic E-state index is 0.0629. The van der Waals surface area contributed by atoms with Crippen LogP contribution in [0.1, 0.15) is 10.4 Å². The van der Waals surface area contributed by atoms with Gasteiger partial charge in [0.25, 0.3) is 5.91 Å². The largest absolute Gasteiger partial charge is 0.352 e. The summed E-state index contributed by atoms with van der Waals surface area (Å²) in [6.07, 6.45) is 2.93. The molecule has 1 N–H and O–H groups in total. The van der Waals surface area contributed by atoms with E-state index in [0.29, 0.717) is 25.2 Å². The van der Waals surface area contributed by atoms with Gasteiger partial charge in [-0.25, -0.2) is 4.68 Å². The Bertz CT molecular complexity index is 723. The Balaban J connectivity index is 1.80. The number of carbonyl (C=O) groups is 2. The molecule has 118 valence electrons. The van der Waals surface area contributed by atoms with Gasteiger partial charge in [-0.15, -0.1) is 0 Å². The smallest absolute Gasteiger partial charge is 0.259 e. The van der Waals surface area contributed by atoms with Gasteiger partial charge in [-0.1, -0.05) is 24.8 Å². The predicted octanol–water partition coefficient (Wildman–Crippen LogP) is 1.46. The molecule has 1 aliphatic heterocycles. The molecule has 0 fully saturated rings. The Morgan fingerprint density at radius 2 is 2.04 bits per heavy atom. The zero-order valence-corrected chi connectivity index (χ0v) is 12.7. The van der Waals surface area contributed by atoms with E-state index in [1.54, 1.807) is 27.9 Å². The standard InChI is InChI=1S/C17H18N4O2/c1-2-15(22)18-10-13-11-20(16-8-9-19-21(16)12-13)17(23)14-6-4-3-5-7-14/h2-9,13H,1,10-12H2,(H,18,22).